The number of sulfone groups is 1. The molecule has 0 saturated heterocycles. The van der Waals surface area contributed by atoms with Gasteiger partial charge in [-0.15, -0.1) is 0 Å². The van der Waals surface area contributed by atoms with Crippen LogP contribution in [0.4, 0.5) is 5.69 Å². The molecule has 1 aliphatic rings. The highest BCUT2D eigenvalue weighted by Gasteiger charge is 2.27. The van der Waals surface area contributed by atoms with Crippen LogP contribution in [0.2, 0.25) is 0 Å². The summed E-state index contributed by atoms with van der Waals surface area (Å²) in [7, 11) is -3.87. The van der Waals surface area contributed by atoms with Crippen LogP contribution in [0.1, 0.15) is 30.6 Å². The maximum Gasteiger partial charge on any atom is 0.223 e. The predicted octanol–water partition coefficient (Wildman–Crippen LogP) is 3.06. The fourth-order valence-corrected chi connectivity index (χ4v) is 5.56. The van der Waals surface area contributed by atoms with Gasteiger partial charge in [0.05, 0.1) is 16.4 Å². The Bertz CT molecular complexity index is 1040. The second-order valence-electron chi connectivity index (χ2n) is 6.70. The highest BCUT2D eigenvalue weighted by atomic mass is 79.9. The Balaban J connectivity index is 1.89. The van der Waals surface area contributed by atoms with E-state index in [1.165, 1.54) is 13.0 Å². The standard InChI is InChI=1S/C20H21BrN2O4S/c1-13(24)23-8-7-15-9-17(21)20(11-18(15)23)28(26,27)12-16(22)10-19(25)14-5-3-2-4-6-14/h2-6,9,11-12,19,25H,7-8,10,22H2,1H3/b16-12-. The lowest BCUT2D eigenvalue weighted by Gasteiger charge is -2.16. The fraction of sp³-hybridized carbons (Fsp3) is 0.250. The van der Waals surface area contributed by atoms with Crippen molar-refractivity contribution in [3.63, 3.8) is 0 Å². The number of hydrogen-bond donors (Lipinski definition) is 2. The predicted molar refractivity (Wildman–Crippen MR) is 111 cm³/mol. The summed E-state index contributed by atoms with van der Waals surface area (Å²) in [5.74, 6) is -0.134. The third-order valence-electron chi connectivity index (χ3n) is 4.64. The number of anilines is 1. The molecule has 0 bridgehead atoms. The Kier molecular flexibility index (Phi) is 5.92. The van der Waals surface area contributed by atoms with E-state index in [0.29, 0.717) is 28.7 Å². The number of nitrogens with two attached hydrogens (primary N) is 1. The minimum Gasteiger partial charge on any atom is -0.401 e. The summed E-state index contributed by atoms with van der Waals surface area (Å²) in [6.45, 7) is 1.98. The van der Waals surface area contributed by atoms with Crippen LogP contribution in [0.15, 0.2) is 62.9 Å². The Morgan fingerprint density at radius 3 is 2.64 bits per heavy atom. The second-order valence-corrected chi connectivity index (χ2v) is 9.32. The number of fused-ring (bicyclic) bond motifs is 1. The molecule has 0 saturated carbocycles. The zero-order valence-corrected chi connectivity index (χ0v) is 17.7. The number of hydrogen-bond acceptors (Lipinski definition) is 5. The molecule has 1 amide bonds. The quantitative estimate of drug-likeness (QED) is 0.707. The lowest BCUT2D eigenvalue weighted by atomic mass is 10.1. The van der Waals surface area contributed by atoms with E-state index in [0.717, 1.165) is 11.0 Å². The van der Waals surface area contributed by atoms with Gasteiger partial charge in [-0.1, -0.05) is 30.3 Å². The maximum atomic E-state index is 12.9. The van der Waals surface area contributed by atoms with Crippen LogP contribution in [-0.2, 0) is 21.1 Å². The molecule has 1 atom stereocenters. The summed E-state index contributed by atoms with van der Waals surface area (Å²) in [5, 5.41) is 11.2. The van der Waals surface area contributed by atoms with Crippen molar-refractivity contribution < 1.29 is 18.3 Å². The molecule has 148 valence electrons. The average Bonchev–Trinajstić information content (AvgIpc) is 3.04. The highest BCUT2D eigenvalue weighted by molar-refractivity contribution is 9.10. The van der Waals surface area contributed by atoms with Crippen LogP contribution in [0.3, 0.4) is 0 Å². The maximum absolute atomic E-state index is 12.9. The minimum atomic E-state index is -3.87. The van der Waals surface area contributed by atoms with E-state index in [4.69, 9.17) is 5.73 Å². The number of aliphatic hydroxyl groups excluding tert-OH is 1. The number of benzene rings is 2. The van der Waals surface area contributed by atoms with Crippen molar-refractivity contribution in [3.05, 3.63) is 69.2 Å². The summed E-state index contributed by atoms with van der Waals surface area (Å²) in [5.41, 5.74) is 8.14. The smallest absolute Gasteiger partial charge is 0.223 e. The van der Waals surface area contributed by atoms with Gasteiger partial charge in [0.2, 0.25) is 15.7 Å². The molecule has 0 aliphatic carbocycles. The molecule has 1 aliphatic heterocycles. The molecule has 1 heterocycles. The minimum absolute atomic E-state index is 0.00856. The number of rotatable bonds is 5. The summed E-state index contributed by atoms with van der Waals surface area (Å²) < 4.78 is 26.2. The molecule has 28 heavy (non-hydrogen) atoms. The van der Waals surface area contributed by atoms with E-state index in [9.17, 15) is 18.3 Å². The monoisotopic (exact) mass is 464 g/mol. The molecule has 2 aromatic carbocycles. The van der Waals surface area contributed by atoms with E-state index in [1.807, 2.05) is 6.07 Å². The van der Waals surface area contributed by atoms with E-state index in [1.54, 1.807) is 35.2 Å². The van der Waals surface area contributed by atoms with Crippen LogP contribution in [0, 0.1) is 0 Å². The number of carbonyl (C=O) groups is 1. The van der Waals surface area contributed by atoms with Gasteiger partial charge < -0.3 is 15.7 Å². The first-order valence-corrected chi connectivity index (χ1v) is 11.1. The van der Waals surface area contributed by atoms with Gasteiger partial charge in [-0.25, -0.2) is 8.42 Å². The van der Waals surface area contributed by atoms with Crippen LogP contribution in [0.25, 0.3) is 0 Å². The number of amides is 1. The van der Waals surface area contributed by atoms with Gasteiger partial charge in [-0.2, -0.15) is 0 Å². The zero-order valence-electron chi connectivity index (χ0n) is 15.3. The lowest BCUT2D eigenvalue weighted by molar-refractivity contribution is -0.116. The summed E-state index contributed by atoms with van der Waals surface area (Å²) in [6.07, 6.45) is -0.232. The summed E-state index contributed by atoms with van der Waals surface area (Å²) >= 11 is 3.32. The number of aliphatic hydroxyl groups is 1. The third kappa shape index (κ3) is 4.29. The molecule has 8 heteroatoms. The zero-order chi connectivity index (χ0) is 20.5. The Hall–Kier alpha value is -2.16. The molecule has 3 N–H and O–H groups in total. The molecule has 0 radical (unpaired) electrons. The number of halogens is 1. The van der Waals surface area contributed by atoms with Crippen LogP contribution < -0.4 is 10.6 Å². The molecule has 0 aromatic heterocycles. The van der Waals surface area contributed by atoms with Crippen molar-refractivity contribution >= 4 is 37.4 Å². The van der Waals surface area contributed by atoms with E-state index in [-0.39, 0.29) is 22.9 Å². The van der Waals surface area contributed by atoms with Crippen LogP contribution in [-0.4, -0.2) is 26.0 Å². The van der Waals surface area contributed by atoms with E-state index >= 15 is 0 Å². The molecular formula is C20H21BrN2O4S. The van der Waals surface area contributed by atoms with Gasteiger partial charge in [0.1, 0.15) is 0 Å². The molecule has 2 aromatic rings. The molecule has 1 unspecified atom stereocenters. The first-order valence-electron chi connectivity index (χ1n) is 8.73. The van der Waals surface area contributed by atoms with Gasteiger partial charge in [-0.3, -0.25) is 4.79 Å². The normalized spacial score (nSPS) is 15.4. The van der Waals surface area contributed by atoms with Gasteiger partial charge in [0.15, 0.2) is 0 Å². The van der Waals surface area contributed by atoms with Gasteiger partial charge >= 0.3 is 0 Å². The molecular weight excluding hydrogens is 444 g/mol. The lowest BCUT2D eigenvalue weighted by Crippen LogP contribution is -2.25. The molecule has 6 nitrogen and oxygen atoms in total. The van der Waals surface area contributed by atoms with Crippen molar-refractivity contribution in [2.45, 2.75) is 30.8 Å². The van der Waals surface area contributed by atoms with Crippen molar-refractivity contribution in [1.29, 1.82) is 0 Å². The van der Waals surface area contributed by atoms with Crippen molar-refractivity contribution in [2.75, 3.05) is 11.4 Å². The van der Waals surface area contributed by atoms with Crippen molar-refractivity contribution in [1.82, 2.24) is 0 Å². The SMILES string of the molecule is CC(=O)N1CCc2cc(Br)c(S(=O)(=O)/C=C(\N)CC(O)c3ccccc3)cc21. The van der Waals surface area contributed by atoms with Crippen LogP contribution in [0.5, 0.6) is 0 Å². The van der Waals surface area contributed by atoms with E-state index in [2.05, 4.69) is 15.9 Å². The van der Waals surface area contributed by atoms with Crippen molar-refractivity contribution in [2.24, 2.45) is 5.73 Å². The average molecular weight is 465 g/mol. The van der Waals surface area contributed by atoms with Gasteiger partial charge in [0.25, 0.3) is 0 Å². The Labute approximate surface area is 172 Å². The first kappa shape index (κ1) is 20.6. The largest absolute Gasteiger partial charge is 0.401 e. The number of nitrogens with zero attached hydrogens (tertiary/aromatic N) is 1. The van der Waals surface area contributed by atoms with E-state index < -0.39 is 15.9 Å². The van der Waals surface area contributed by atoms with Crippen molar-refractivity contribution in [3.8, 4) is 0 Å². The fourth-order valence-electron chi connectivity index (χ4n) is 3.26. The topological polar surface area (TPSA) is 101 Å². The third-order valence-corrected chi connectivity index (χ3v) is 7.12. The highest BCUT2D eigenvalue weighted by Crippen LogP contribution is 2.36. The molecule has 0 spiro atoms. The van der Waals surface area contributed by atoms with Gasteiger partial charge in [-0.05, 0) is 45.6 Å². The number of carbonyl (C=O) groups excluding carboxylic acids is 1. The summed E-state index contributed by atoms with van der Waals surface area (Å²) in [4.78, 5) is 13.4. The second kappa shape index (κ2) is 8.06. The summed E-state index contributed by atoms with van der Waals surface area (Å²) in [6, 6.07) is 12.1. The molecule has 3 rings (SSSR count). The van der Waals surface area contributed by atoms with Crippen LogP contribution >= 0.6 is 15.9 Å². The Morgan fingerprint density at radius 2 is 2.00 bits per heavy atom. The first-order chi connectivity index (χ1) is 13.2. The molecule has 0 fully saturated rings. The Morgan fingerprint density at radius 1 is 1.32 bits per heavy atom. The van der Waals surface area contributed by atoms with Gasteiger partial charge in [0, 0.05) is 35.7 Å².